The third kappa shape index (κ3) is 2.62. The predicted octanol–water partition coefficient (Wildman–Crippen LogP) is 4.36. The maximum atomic E-state index is 4.93. The Hall–Kier alpha value is -0.790. The van der Waals surface area contributed by atoms with E-state index in [1.165, 1.54) is 81.4 Å². The highest BCUT2D eigenvalue weighted by atomic mass is 14.9. The molecule has 2 nitrogen and oxygen atoms in total. The lowest BCUT2D eigenvalue weighted by Gasteiger charge is -2.17. The summed E-state index contributed by atoms with van der Waals surface area (Å²) in [4.78, 5) is 8.60. The van der Waals surface area contributed by atoms with E-state index >= 15 is 0 Å². The summed E-state index contributed by atoms with van der Waals surface area (Å²) >= 11 is 0. The van der Waals surface area contributed by atoms with Gasteiger partial charge in [0.25, 0.3) is 0 Å². The maximum Gasteiger partial charge on any atom is 0.109 e. The van der Waals surface area contributed by atoms with Crippen LogP contribution in [0.4, 0.5) is 0 Å². The molecule has 1 N–H and O–H groups in total. The Morgan fingerprint density at radius 2 is 1.72 bits per heavy atom. The lowest BCUT2D eigenvalue weighted by atomic mass is 9.91. The quantitative estimate of drug-likeness (QED) is 0.783. The molecule has 0 spiro atoms. The number of hydrogen-bond donors (Lipinski definition) is 1. The van der Waals surface area contributed by atoms with E-state index < -0.39 is 0 Å². The number of imidazole rings is 1. The van der Waals surface area contributed by atoms with Crippen LogP contribution < -0.4 is 0 Å². The van der Waals surface area contributed by atoms with E-state index in [0.29, 0.717) is 5.92 Å². The van der Waals surface area contributed by atoms with Gasteiger partial charge in [-0.1, -0.05) is 39.0 Å². The number of nitrogens with one attached hydrogen (secondary N) is 1. The van der Waals surface area contributed by atoms with Crippen molar-refractivity contribution in [3.63, 3.8) is 0 Å². The minimum atomic E-state index is 0.714. The van der Waals surface area contributed by atoms with Gasteiger partial charge in [0.05, 0.1) is 5.69 Å². The minimum absolute atomic E-state index is 0.714. The number of rotatable bonds is 1. The van der Waals surface area contributed by atoms with Gasteiger partial charge in [0, 0.05) is 11.6 Å². The molecule has 1 fully saturated rings. The lowest BCUT2D eigenvalue weighted by Crippen LogP contribution is -2.10. The molecule has 2 heteroatoms. The standard InChI is InChI=1S/C16H26N2/c1-12-9-10-14-15(11-12)18-16(17-14)13-7-5-3-2-4-6-8-13/h12-13H,2-11H2,1H3,(H,17,18). The molecule has 1 unspecified atom stereocenters. The van der Waals surface area contributed by atoms with E-state index in [9.17, 15) is 0 Å². The van der Waals surface area contributed by atoms with Crippen LogP contribution in [-0.2, 0) is 12.8 Å². The van der Waals surface area contributed by atoms with Gasteiger partial charge in [-0.2, -0.15) is 0 Å². The summed E-state index contributed by atoms with van der Waals surface area (Å²) < 4.78 is 0. The molecule has 18 heavy (non-hydrogen) atoms. The molecule has 1 aromatic rings. The monoisotopic (exact) mass is 246 g/mol. The van der Waals surface area contributed by atoms with E-state index in [0.717, 1.165) is 5.92 Å². The van der Waals surface area contributed by atoms with E-state index in [1.54, 1.807) is 0 Å². The number of hydrogen-bond acceptors (Lipinski definition) is 1. The maximum absolute atomic E-state index is 4.93. The van der Waals surface area contributed by atoms with Gasteiger partial charge < -0.3 is 4.98 Å². The van der Waals surface area contributed by atoms with Crippen molar-refractivity contribution >= 4 is 0 Å². The molecule has 1 saturated carbocycles. The van der Waals surface area contributed by atoms with Crippen LogP contribution in [0.1, 0.15) is 81.4 Å². The Kier molecular flexibility index (Phi) is 3.72. The number of aromatic amines is 1. The number of aromatic nitrogens is 2. The van der Waals surface area contributed by atoms with E-state index in [2.05, 4.69) is 11.9 Å². The summed E-state index contributed by atoms with van der Waals surface area (Å²) in [5, 5.41) is 0. The third-order valence-electron chi connectivity index (χ3n) is 4.80. The van der Waals surface area contributed by atoms with Crippen molar-refractivity contribution in [1.82, 2.24) is 9.97 Å². The van der Waals surface area contributed by atoms with Crippen molar-refractivity contribution in [2.45, 2.75) is 77.0 Å². The van der Waals surface area contributed by atoms with Crippen LogP contribution in [0, 0.1) is 5.92 Å². The summed E-state index contributed by atoms with van der Waals surface area (Å²) in [7, 11) is 0. The molecule has 3 rings (SSSR count). The summed E-state index contributed by atoms with van der Waals surface area (Å²) in [5.41, 5.74) is 2.83. The highest BCUT2D eigenvalue weighted by molar-refractivity contribution is 5.20. The van der Waals surface area contributed by atoms with Crippen LogP contribution >= 0.6 is 0 Å². The highest BCUT2D eigenvalue weighted by Crippen LogP contribution is 2.32. The van der Waals surface area contributed by atoms with Crippen molar-refractivity contribution in [2.24, 2.45) is 5.92 Å². The van der Waals surface area contributed by atoms with Crippen LogP contribution in [0.25, 0.3) is 0 Å². The van der Waals surface area contributed by atoms with Crippen molar-refractivity contribution in [1.29, 1.82) is 0 Å². The van der Waals surface area contributed by atoms with Crippen LogP contribution in [-0.4, -0.2) is 9.97 Å². The fourth-order valence-corrected chi connectivity index (χ4v) is 3.60. The fourth-order valence-electron chi connectivity index (χ4n) is 3.60. The summed E-state index contributed by atoms with van der Waals surface area (Å²) in [6, 6.07) is 0. The lowest BCUT2D eigenvalue weighted by molar-refractivity contribution is 0.444. The van der Waals surface area contributed by atoms with Crippen molar-refractivity contribution in [3.8, 4) is 0 Å². The zero-order valence-electron chi connectivity index (χ0n) is 11.7. The molecule has 2 aliphatic carbocycles. The molecule has 2 aliphatic rings. The van der Waals surface area contributed by atoms with Gasteiger partial charge in [-0.15, -0.1) is 0 Å². The minimum Gasteiger partial charge on any atom is -0.345 e. The SMILES string of the molecule is CC1CCc2nc(C3CCCCCCC3)[nH]c2C1. The third-order valence-corrected chi connectivity index (χ3v) is 4.80. The smallest absolute Gasteiger partial charge is 0.109 e. The first-order chi connectivity index (χ1) is 8.83. The fraction of sp³-hybridized carbons (Fsp3) is 0.812. The number of nitrogens with zero attached hydrogens (tertiary/aromatic N) is 1. The van der Waals surface area contributed by atoms with E-state index in [4.69, 9.17) is 4.98 Å². The van der Waals surface area contributed by atoms with Gasteiger partial charge >= 0.3 is 0 Å². The Balaban J connectivity index is 1.74. The molecule has 0 bridgehead atoms. The number of fused-ring (bicyclic) bond motifs is 1. The summed E-state index contributed by atoms with van der Waals surface area (Å²) in [6.07, 6.45) is 13.5. The molecule has 0 saturated heterocycles. The molecule has 0 radical (unpaired) electrons. The molecular weight excluding hydrogens is 220 g/mol. The molecular formula is C16H26N2. The second-order valence-electron chi connectivity index (χ2n) is 6.44. The van der Waals surface area contributed by atoms with E-state index in [1.807, 2.05) is 0 Å². The molecule has 1 atom stereocenters. The largest absolute Gasteiger partial charge is 0.345 e. The first kappa shape index (κ1) is 12.3. The molecule has 0 amide bonds. The van der Waals surface area contributed by atoms with Gasteiger partial charge in [-0.3, -0.25) is 0 Å². The molecule has 1 aromatic heterocycles. The number of H-pyrrole nitrogens is 1. The molecule has 0 aromatic carbocycles. The second-order valence-corrected chi connectivity index (χ2v) is 6.44. The average molecular weight is 246 g/mol. The van der Waals surface area contributed by atoms with Gasteiger partial charge in [-0.05, 0) is 38.0 Å². The normalized spacial score (nSPS) is 26.4. The topological polar surface area (TPSA) is 28.7 Å². The summed E-state index contributed by atoms with van der Waals surface area (Å²) in [5.74, 6) is 2.87. The number of aryl methyl sites for hydroxylation is 1. The predicted molar refractivity (Wildman–Crippen MR) is 74.8 cm³/mol. The van der Waals surface area contributed by atoms with Crippen molar-refractivity contribution in [3.05, 3.63) is 17.2 Å². The highest BCUT2D eigenvalue weighted by Gasteiger charge is 2.23. The zero-order valence-corrected chi connectivity index (χ0v) is 11.7. The van der Waals surface area contributed by atoms with Crippen LogP contribution in [0.5, 0.6) is 0 Å². The Morgan fingerprint density at radius 1 is 1.00 bits per heavy atom. The van der Waals surface area contributed by atoms with Crippen LogP contribution in [0.3, 0.4) is 0 Å². The van der Waals surface area contributed by atoms with Crippen LogP contribution in [0.15, 0.2) is 0 Å². The summed E-state index contributed by atoms with van der Waals surface area (Å²) in [6.45, 7) is 2.36. The van der Waals surface area contributed by atoms with Crippen LogP contribution in [0.2, 0.25) is 0 Å². The van der Waals surface area contributed by atoms with Crippen molar-refractivity contribution < 1.29 is 0 Å². The van der Waals surface area contributed by atoms with Gasteiger partial charge in [0.1, 0.15) is 5.82 Å². The molecule has 0 aliphatic heterocycles. The first-order valence-electron chi connectivity index (χ1n) is 7.90. The Labute approximate surface area is 111 Å². The van der Waals surface area contributed by atoms with Gasteiger partial charge in [0.2, 0.25) is 0 Å². The van der Waals surface area contributed by atoms with Gasteiger partial charge in [0.15, 0.2) is 0 Å². The van der Waals surface area contributed by atoms with E-state index in [-0.39, 0.29) is 0 Å². The average Bonchev–Trinajstić information content (AvgIpc) is 2.71. The molecule has 100 valence electrons. The molecule has 1 heterocycles. The second kappa shape index (κ2) is 5.46. The van der Waals surface area contributed by atoms with Crippen molar-refractivity contribution in [2.75, 3.05) is 0 Å². The zero-order chi connectivity index (χ0) is 12.4. The van der Waals surface area contributed by atoms with Gasteiger partial charge in [-0.25, -0.2) is 4.98 Å². The Morgan fingerprint density at radius 3 is 2.50 bits per heavy atom. The first-order valence-corrected chi connectivity index (χ1v) is 7.90. The Bertz CT molecular complexity index is 386.